The largest absolute Gasteiger partial charge is 0.314 e. The average molecular weight is 141 g/mol. The molecule has 1 heteroatoms. The Morgan fingerprint density at radius 3 is 2.30 bits per heavy atom. The molecule has 0 saturated heterocycles. The quantitative estimate of drug-likeness (QED) is 0.636. The van der Waals surface area contributed by atoms with Gasteiger partial charge in [0, 0.05) is 5.54 Å². The third kappa shape index (κ3) is 1.51. The summed E-state index contributed by atoms with van der Waals surface area (Å²) in [5.74, 6) is 0. The zero-order chi connectivity index (χ0) is 7.45. The molecule has 0 unspecified atom stereocenters. The fraction of sp³-hybridized carbons (Fsp3) is 1.00. The maximum absolute atomic E-state index is 3.48. The van der Waals surface area contributed by atoms with E-state index in [1.54, 1.807) is 0 Å². The van der Waals surface area contributed by atoms with Crippen LogP contribution in [0.2, 0.25) is 0 Å². The topological polar surface area (TPSA) is 12.0 Å². The molecule has 1 saturated carbocycles. The minimum atomic E-state index is 0.536. The molecule has 1 rings (SSSR count). The van der Waals surface area contributed by atoms with E-state index in [0.29, 0.717) is 5.54 Å². The molecule has 0 aromatic carbocycles. The first-order valence-corrected chi connectivity index (χ1v) is 4.52. The molecule has 1 aliphatic carbocycles. The lowest BCUT2D eigenvalue weighted by atomic mass is 9.92. The average Bonchev–Trinajstić information content (AvgIpc) is 2.39. The van der Waals surface area contributed by atoms with Crippen molar-refractivity contribution in [3.63, 3.8) is 0 Å². The van der Waals surface area contributed by atoms with Crippen molar-refractivity contribution in [2.24, 2.45) is 0 Å². The van der Waals surface area contributed by atoms with Crippen LogP contribution in [0.4, 0.5) is 0 Å². The lowest BCUT2D eigenvalue weighted by Crippen LogP contribution is -2.39. The summed E-state index contributed by atoms with van der Waals surface area (Å²) in [4.78, 5) is 0. The first kappa shape index (κ1) is 8.06. The highest BCUT2D eigenvalue weighted by atomic mass is 14.9. The van der Waals surface area contributed by atoms with Crippen LogP contribution in [0.1, 0.15) is 45.4 Å². The molecule has 60 valence electrons. The van der Waals surface area contributed by atoms with Gasteiger partial charge in [-0.3, -0.25) is 0 Å². The van der Waals surface area contributed by atoms with Gasteiger partial charge in [-0.05, 0) is 26.3 Å². The normalized spacial score (nSPS) is 23.4. The number of hydrogen-bond donors (Lipinski definition) is 1. The zero-order valence-electron chi connectivity index (χ0n) is 7.24. The van der Waals surface area contributed by atoms with E-state index < -0.39 is 0 Å². The minimum Gasteiger partial charge on any atom is -0.314 e. The van der Waals surface area contributed by atoms with Crippen LogP contribution in [-0.4, -0.2) is 12.6 Å². The Balaban J connectivity index is 2.41. The third-order valence-corrected chi connectivity index (χ3v) is 2.82. The summed E-state index contributed by atoms with van der Waals surface area (Å²) in [7, 11) is 2.11. The van der Waals surface area contributed by atoms with Crippen LogP contribution in [-0.2, 0) is 0 Å². The number of nitrogens with one attached hydrogen (secondary N) is 1. The van der Waals surface area contributed by atoms with Gasteiger partial charge in [-0.1, -0.05) is 26.2 Å². The number of rotatable bonds is 3. The minimum absolute atomic E-state index is 0.536. The van der Waals surface area contributed by atoms with Crippen molar-refractivity contribution in [1.82, 2.24) is 5.32 Å². The molecule has 1 nitrogen and oxygen atoms in total. The smallest absolute Gasteiger partial charge is 0.0178 e. The van der Waals surface area contributed by atoms with Gasteiger partial charge < -0.3 is 5.32 Å². The molecule has 0 aromatic rings. The molecule has 1 aliphatic rings. The van der Waals surface area contributed by atoms with E-state index in [1.807, 2.05) is 0 Å². The Labute approximate surface area is 64.2 Å². The molecular formula is C9H19N. The summed E-state index contributed by atoms with van der Waals surface area (Å²) in [6.45, 7) is 2.28. The van der Waals surface area contributed by atoms with E-state index in [9.17, 15) is 0 Å². The monoisotopic (exact) mass is 141 g/mol. The first-order chi connectivity index (χ1) is 4.83. The van der Waals surface area contributed by atoms with Crippen molar-refractivity contribution in [1.29, 1.82) is 0 Å². The summed E-state index contributed by atoms with van der Waals surface area (Å²) >= 11 is 0. The molecule has 0 aliphatic heterocycles. The zero-order valence-corrected chi connectivity index (χ0v) is 7.24. The summed E-state index contributed by atoms with van der Waals surface area (Å²) in [5, 5.41) is 3.48. The molecular weight excluding hydrogens is 122 g/mol. The maximum atomic E-state index is 3.48. The van der Waals surface area contributed by atoms with E-state index in [0.717, 1.165) is 0 Å². The second-order valence-electron chi connectivity index (χ2n) is 3.49. The van der Waals surface area contributed by atoms with Gasteiger partial charge in [0.05, 0.1) is 0 Å². The van der Waals surface area contributed by atoms with E-state index >= 15 is 0 Å². The molecule has 0 aromatic heterocycles. The summed E-state index contributed by atoms with van der Waals surface area (Å²) in [6, 6.07) is 0. The Hall–Kier alpha value is -0.0400. The Kier molecular flexibility index (Phi) is 2.72. The second kappa shape index (κ2) is 3.38. The van der Waals surface area contributed by atoms with E-state index in [2.05, 4.69) is 19.3 Å². The second-order valence-corrected chi connectivity index (χ2v) is 3.49. The fourth-order valence-corrected chi connectivity index (χ4v) is 2.16. The molecule has 0 spiro atoms. The predicted molar refractivity (Wildman–Crippen MR) is 45.2 cm³/mol. The fourth-order valence-electron chi connectivity index (χ4n) is 2.16. The molecule has 0 radical (unpaired) electrons. The van der Waals surface area contributed by atoms with Gasteiger partial charge in [0.1, 0.15) is 0 Å². The molecule has 1 fully saturated rings. The number of hydrogen-bond acceptors (Lipinski definition) is 1. The third-order valence-electron chi connectivity index (χ3n) is 2.82. The van der Waals surface area contributed by atoms with Gasteiger partial charge in [0.25, 0.3) is 0 Å². The highest BCUT2D eigenvalue weighted by molar-refractivity contribution is 4.90. The van der Waals surface area contributed by atoms with E-state index in [-0.39, 0.29) is 0 Å². The summed E-state index contributed by atoms with van der Waals surface area (Å²) in [5.41, 5.74) is 0.536. The van der Waals surface area contributed by atoms with Crippen LogP contribution >= 0.6 is 0 Å². The van der Waals surface area contributed by atoms with Gasteiger partial charge in [-0.2, -0.15) is 0 Å². The standard InChI is InChI=1S/C9H19N/c1-3-6-9(10-2)7-4-5-8-9/h10H,3-8H2,1-2H3. The Morgan fingerprint density at radius 1 is 1.30 bits per heavy atom. The summed E-state index contributed by atoms with van der Waals surface area (Å²) < 4.78 is 0. The maximum Gasteiger partial charge on any atom is 0.0178 e. The molecule has 10 heavy (non-hydrogen) atoms. The Morgan fingerprint density at radius 2 is 1.90 bits per heavy atom. The van der Waals surface area contributed by atoms with Crippen LogP contribution in [0.3, 0.4) is 0 Å². The molecule has 0 heterocycles. The lowest BCUT2D eigenvalue weighted by molar-refractivity contribution is 0.330. The van der Waals surface area contributed by atoms with Crippen LogP contribution in [0.5, 0.6) is 0 Å². The van der Waals surface area contributed by atoms with Crippen molar-refractivity contribution in [3.8, 4) is 0 Å². The van der Waals surface area contributed by atoms with Gasteiger partial charge in [0.2, 0.25) is 0 Å². The van der Waals surface area contributed by atoms with Crippen molar-refractivity contribution >= 4 is 0 Å². The van der Waals surface area contributed by atoms with Crippen LogP contribution in [0.15, 0.2) is 0 Å². The van der Waals surface area contributed by atoms with Crippen LogP contribution < -0.4 is 5.32 Å². The van der Waals surface area contributed by atoms with Crippen molar-refractivity contribution in [2.75, 3.05) is 7.05 Å². The first-order valence-electron chi connectivity index (χ1n) is 4.52. The van der Waals surface area contributed by atoms with Gasteiger partial charge in [0.15, 0.2) is 0 Å². The predicted octanol–water partition coefficient (Wildman–Crippen LogP) is 2.32. The van der Waals surface area contributed by atoms with Crippen molar-refractivity contribution in [2.45, 2.75) is 51.0 Å². The van der Waals surface area contributed by atoms with Crippen LogP contribution in [0, 0.1) is 0 Å². The van der Waals surface area contributed by atoms with Gasteiger partial charge >= 0.3 is 0 Å². The highest BCUT2D eigenvalue weighted by Crippen LogP contribution is 2.32. The van der Waals surface area contributed by atoms with Crippen molar-refractivity contribution < 1.29 is 0 Å². The molecule has 0 atom stereocenters. The molecule has 0 bridgehead atoms. The molecule has 1 N–H and O–H groups in total. The van der Waals surface area contributed by atoms with E-state index in [1.165, 1.54) is 38.5 Å². The highest BCUT2D eigenvalue weighted by Gasteiger charge is 2.30. The SMILES string of the molecule is CCCC1(NC)CCCC1. The van der Waals surface area contributed by atoms with Crippen molar-refractivity contribution in [3.05, 3.63) is 0 Å². The van der Waals surface area contributed by atoms with Gasteiger partial charge in [-0.25, -0.2) is 0 Å². The Bertz CT molecular complexity index is 92.9. The molecule has 0 amide bonds. The van der Waals surface area contributed by atoms with Crippen LogP contribution in [0.25, 0.3) is 0 Å². The van der Waals surface area contributed by atoms with Gasteiger partial charge in [-0.15, -0.1) is 0 Å². The lowest BCUT2D eigenvalue weighted by Gasteiger charge is -2.27. The summed E-state index contributed by atoms with van der Waals surface area (Å²) in [6.07, 6.45) is 8.35. The van der Waals surface area contributed by atoms with E-state index in [4.69, 9.17) is 0 Å².